The largest absolute Gasteiger partial charge is 0.497 e. The molecule has 1 amide bonds. The Balaban J connectivity index is 1.17. The van der Waals surface area contributed by atoms with Crippen molar-refractivity contribution in [1.82, 2.24) is 19.3 Å². The lowest BCUT2D eigenvalue weighted by Gasteiger charge is -2.30. The van der Waals surface area contributed by atoms with Crippen LogP contribution in [0.1, 0.15) is 38.0 Å². The molecule has 214 valence electrons. The van der Waals surface area contributed by atoms with E-state index in [1.165, 1.54) is 23.5 Å². The van der Waals surface area contributed by atoms with Gasteiger partial charge in [0.1, 0.15) is 11.5 Å². The van der Waals surface area contributed by atoms with Crippen LogP contribution in [-0.2, 0) is 21.4 Å². The molecule has 1 aromatic heterocycles. The number of benzene rings is 2. The summed E-state index contributed by atoms with van der Waals surface area (Å²) in [5.74, 6) is 1.86. The molecule has 0 atom stereocenters. The van der Waals surface area contributed by atoms with Gasteiger partial charge in [-0.3, -0.25) is 9.69 Å². The Hall–Kier alpha value is -3.48. The predicted molar refractivity (Wildman–Crippen MR) is 149 cm³/mol. The maximum atomic E-state index is 13.2. The third-order valence-corrected chi connectivity index (χ3v) is 9.41. The molecule has 3 aromatic rings. The highest BCUT2D eigenvalue weighted by Gasteiger charge is 2.29. The van der Waals surface area contributed by atoms with Crippen LogP contribution >= 0.6 is 0 Å². The van der Waals surface area contributed by atoms with Crippen LogP contribution in [0.4, 0.5) is 5.69 Å². The van der Waals surface area contributed by atoms with Gasteiger partial charge in [0.25, 0.3) is 0 Å². The van der Waals surface area contributed by atoms with Crippen LogP contribution in [0.5, 0.6) is 11.5 Å². The third kappa shape index (κ3) is 6.29. The molecule has 2 saturated heterocycles. The Bertz CT molecular complexity index is 1410. The first kappa shape index (κ1) is 28.1. The number of hydrogen-bond acceptors (Lipinski definition) is 9. The smallest absolute Gasteiger partial charge is 0.243 e. The van der Waals surface area contributed by atoms with Crippen LogP contribution in [0, 0.1) is 5.92 Å². The van der Waals surface area contributed by atoms with Crippen molar-refractivity contribution in [2.45, 2.75) is 43.5 Å². The molecule has 2 aliphatic heterocycles. The minimum Gasteiger partial charge on any atom is -0.497 e. The van der Waals surface area contributed by atoms with Gasteiger partial charge >= 0.3 is 0 Å². The molecule has 40 heavy (non-hydrogen) atoms. The number of hydrogen-bond donors (Lipinski definition) is 1. The number of rotatable bonds is 9. The molecule has 2 aromatic carbocycles. The highest BCUT2D eigenvalue weighted by atomic mass is 32.2. The molecular formula is C28H35N5O6S. The molecule has 0 radical (unpaired) electrons. The van der Waals surface area contributed by atoms with Crippen molar-refractivity contribution in [3.63, 3.8) is 0 Å². The van der Waals surface area contributed by atoms with Gasteiger partial charge in [-0.25, -0.2) is 8.42 Å². The number of likely N-dealkylation sites (tertiary alicyclic amines) is 1. The second-order valence-corrected chi connectivity index (χ2v) is 12.0. The molecule has 0 saturated carbocycles. The topological polar surface area (TPSA) is 127 Å². The number of anilines is 1. The zero-order valence-electron chi connectivity index (χ0n) is 22.8. The molecule has 1 N–H and O–H groups in total. The lowest BCUT2D eigenvalue weighted by molar-refractivity contribution is -0.121. The van der Waals surface area contributed by atoms with Crippen molar-refractivity contribution in [2.24, 2.45) is 5.92 Å². The van der Waals surface area contributed by atoms with E-state index in [4.69, 9.17) is 14.0 Å². The van der Waals surface area contributed by atoms with E-state index in [1.54, 1.807) is 13.2 Å². The fourth-order valence-electron chi connectivity index (χ4n) is 5.16. The van der Waals surface area contributed by atoms with Crippen LogP contribution < -0.4 is 14.8 Å². The quantitative estimate of drug-likeness (QED) is 0.410. The molecule has 0 bridgehead atoms. The van der Waals surface area contributed by atoms with Crippen LogP contribution in [0.15, 0.2) is 51.9 Å². The number of sulfonamides is 1. The fraction of sp³-hybridized carbons (Fsp3) is 0.464. The van der Waals surface area contributed by atoms with Crippen molar-refractivity contribution < 1.29 is 27.2 Å². The second kappa shape index (κ2) is 12.4. The highest BCUT2D eigenvalue weighted by molar-refractivity contribution is 7.89. The van der Waals surface area contributed by atoms with Gasteiger partial charge in [0.15, 0.2) is 0 Å². The molecular weight excluding hydrogens is 534 g/mol. The number of nitrogens with one attached hydrogen (secondary N) is 1. The summed E-state index contributed by atoms with van der Waals surface area (Å²) in [5.41, 5.74) is 1.21. The van der Waals surface area contributed by atoms with E-state index < -0.39 is 10.0 Å². The predicted octanol–water partition coefficient (Wildman–Crippen LogP) is 3.78. The maximum Gasteiger partial charge on any atom is 0.243 e. The van der Waals surface area contributed by atoms with Gasteiger partial charge in [0, 0.05) is 24.6 Å². The summed E-state index contributed by atoms with van der Waals surface area (Å²) >= 11 is 0. The van der Waals surface area contributed by atoms with E-state index in [9.17, 15) is 13.2 Å². The van der Waals surface area contributed by atoms with Crippen molar-refractivity contribution in [2.75, 3.05) is 45.7 Å². The number of nitrogens with zero attached hydrogens (tertiary/aromatic N) is 4. The summed E-state index contributed by atoms with van der Waals surface area (Å²) in [7, 11) is -0.515. The van der Waals surface area contributed by atoms with E-state index in [1.807, 2.05) is 24.3 Å². The lowest BCUT2D eigenvalue weighted by atomic mass is 9.96. The number of methoxy groups -OCH3 is 2. The van der Waals surface area contributed by atoms with E-state index in [0.717, 1.165) is 30.6 Å². The van der Waals surface area contributed by atoms with E-state index in [0.29, 0.717) is 68.7 Å². The van der Waals surface area contributed by atoms with Gasteiger partial charge in [-0.05, 0) is 81.2 Å². The lowest BCUT2D eigenvalue weighted by Crippen LogP contribution is -2.38. The number of amides is 1. The Labute approximate surface area is 234 Å². The highest BCUT2D eigenvalue weighted by Crippen LogP contribution is 2.31. The standard InChI is InChI=1S/C28H35N5O6S/c1-37-22-8-6-20(7-9-22)27-30-26(39-31-27)19-32-16-12-21(13-17-32)28(34)29-24-18-23(10-11-25(24)38-2)40(35,36)33-14-4-3-5-15-33/h6-11,18,21H,3-5,12-17,19H2,1-2H3,(H,29,34). The maximum absolute atomic E-state index is 13.2. The van der Waals surface area contributed by atoms with Crippen LogP contribution in [0.2, 0.25) is 0 Å². The summed E-state index contributed by atoms with van der Waals surface area (Å²) in [6, 6.07) is 12.1. The Kier molecular flexibility index (Phi) is 8.67. The van der Waals surface area contributed by atoms with Gasteiger partial charge in [0.2, 0.25) is 27.6 Å². The summed E-state index contributed by atoms with van der Waals surface area (Å²) in [6.07, 6.45) is 4.05. The van der Waals surface area contributed by atoms with Gasteiger partial charge in [-0.15, -0.1) is 0 Å². The molecule has 11 nitrogen and oxygen atoms in total. The zero-order valence-corrected chi connectivity index (χ0v) is 23.7. The van der Waals surface area contributed by atoms with Crippen LogP contribution in [0.3, 0.4) is 0 Å². The summed E-state index contributed by atoms with van der Waals surface area (Å²) < 4.78 is 43.9. The number of aromatic nitrogens is 2. The SMILES string of the molecule is COc1ccc(-c2noc(CN3CCC(C(=O)Nc4cc(S(=O)(=O)N5CCCCC5)ccc4OC)CC3)n2)cc1. The van der Waals surface area contributed by atoms with E-state index in [-0.39, 0.29) is 16.7 Å². The summed E-state index contributed by atoms with van der Waals surface area (Å²) in [6.45, 7) is 2.92. The minimum atomic E-state index is -3.63. The Morgan fingerprint density at radius 3 is 2.40 bits per heavy atom. The molecule has 0 spiro atoms. The zero-order chi connectivity index (χ0) is 28.1. The van der Waals surface area contributed by atoms with Gasteiger partial charge in [0.05, 0.1) is 31.3 Å². The molecule has 5 rings (SSSR count). The summed E-state index contributed by atoms with van der Waals surface area (Å²) in [5, 5.41) is 7.02. The van der Waals surface area contributed by atoms with Crippen molar-refractivity contribution in [3.8, 4) is 22.9 Å². The van der Waals surface area contributed by atoms with E-state index in [2.05, 4.69) is 20.4 Å². The molecule has 0 aliphatic carbocycles. The molecule has 0 unspecified atom stereocenters. The molecule has 12 heteroatoms. The van der Waals surface area contributed by atoms with Crippen molar-refractivity contribution in [1.29, 1.82) is 0 Å². The monoisotopic (exact) mass is 569 g/mol. The first-order chi connectivity index (χ1) is 19.4. The minimum absolute atomic E-state index is 0.148. The number of ether oxygens (including phenoxy) is 2. The fourth-order valence-corrected chi connectivity index (χ4v) is 6.70. The summed E-state index contributed by atoms with van der Waals surface area (Å²) in [4.78, 5) is 20.0. The average molecular weight is 570 g/mol. The van der Waals surface area contributed by atoms with Crippen LogP contribution in [-0.4, -0.2) is 74.1 Å². The van der Waals surface area contributed by atoms with Crippen molar-refractivity contribution >= 4 is 21.6 Å². The number of carbonyl (C=O) groups excluding carboxylic acids is 1. The second-order valence-electron chi connectivity index (χ2n) is 10.1. The molecule has 3 heterocycles. The van der Waals surface area contributed by atoms with Gasteiger partial charge < -0.3 is 19.3 Å². The average Bonchev–Trinajstić information content (AvgIpc) is 3.46. The van der Waals surface area contributed by atoms with Crippen LogP contribution in [0.25, 0.3) is 11.4 Å². The Morgan fingerprint density at radius 1 is 1.00 bits per heavy atom. The third-order valence-electron chi connectivity index (χ3n) is 7.52. The molecule has 2 aliphatic rings. The van der Waals surface area contributed by atoms with Gasteiger partial charge in [-0.2, -0.15) is 9.29 Å². The molecule has 2 fully saturated rings. The van der Waals surface area contributed by atoms with Crippen molar-refractivity contribution in [3.05, 3.63) is 48.4 Å². The normalized spacial score (nSPS) is 17.4. The number of piperidine rings is 2. The number of carbonyl (C=O) groups is 1. The first-order valence-electron chi connectivity index (χ1n) is 13.6. The van der Waals surface area contributed by atoms with E-state index >= 15 is 0 Å². The Morgan fingerprint density at radius 2 is 1.73 bits per heavy atom. The first-order valence-corrected chi connectivity index (χ1v) is 15.0. The van der Waals surface area contributed by atoms with Gasteiger partial charge in [-0.1, -0.05) is 11.6 Å².